The van der Waals surface area contributed by atoms with Crippen molar-refractivity contribution in [1.82, 2.24) is 0 Å². The largest absolute Gasteiger partial charge is 0.491 e. The van der Waals surface area contributed by atoms with Crippen molar-refractivity contribution in [2.75, 3.05) is 13.2 Å². The Morgan fingerprint density at radius 2 is 1.52 bits per heavy atom. The summed E-state index contributed by atoms with van der Waals surface area (Å²) < 4.78 is 88.5. The number of ether oxygens (including phenoxy) is 3. The predicted molar refractivity (Wildman–Crippen MR) is 141 cm³/mol. The average molecular weight is 561 g/mol. The molecule has 0 amide bonds. The van der Waals surface area contributed by atoms with E-state index in [2.05, 4.69) is 0 Å². The molecule has 9 heteroatoms. The van der Waals surface area contributed by atoms with Crippen molar-refractivity contribution in [3.8, 4) is 22.6 Å². The molecule has 1 unspecified atom stereocenters. The van der Waals surface area contributed by atoms with Gasteiger partial charge in [0.25, 0.3) is 0 Å². The van der Waals surface area contributed by atoms with Gasteiger partial charge in [0.2, 0.25) is 11.6 Å². The quantitative estimate of drug-likeness (QED) is 0.142. The maximum Gasteiger partial charge on any atom is 0.341 e. The van der Waals surface area contributed by atoms with Crippen LogP contribution >= 0.6 is 0 Å². The molecule has 0 radical (unpaired) electrons. The van der Waals surface area contributed by atoms with Crippen LogP contribution in [0.15, 0.2) is 48.5 Å². The topological polar surface area (TPSA) is 44.8 Å². The zero-order valence-corrected chi connectivity index (χ0v) is 22.2. The highest BCUT2D eigenvalue weighted by Crippen LogP contribution is 2.34. The molecule has 0 heterocycles. The van der Waals surface area contributed by atoms with Crippen LogP contribution in [-0.2, 0) is 4.74 Å². The molecule has 0 bridgehead atoms. The Balaban J connectivity index is 1.42. The minimum atomic E-state index is -1.19. The maximum absolute atomic E-state index is 14.8. The van der Waals surface area contributed by atoms with E-state index in [0.717, 1.165) is 25.0 Å². The van der Waals surface area contributed by atoms with Gasteiger partial charge in [-0.25, -0.2) is 18.0 Å². The smallest absolute Gasteiger partial charge is 0.341 e. The highest BCUT2D eigenvalue weighted by molar-refractivity contribution is 5.90. The Morgan fingerprint density at radius 3 is 2.15 bits per heavy atom. The summed E-state index contributed by atoms with van der Waals surface area (Å²) in [7, 11) is 0. The summed E-state index contributed by atoms with van der Waals surface area (Å²) >= 11 is 0. The van der Waals surface area contributed by atoms with Gasteiger partial charge < -0.3 is 14.2 Å². The first-order chi connectivity index (χ1) is 19.2. The summed E-state index contributed by atoms with van der Waals surface area (Å²) in [6, 6.07) is 8.75. The van der Waals surface area contributed by atoms with Crippen LogP contribution in [0, 0.1) is 29.1 Å². The third-order valence-corrected chi connectivity index (χ3v) is 6.63. The van der Waals surface area contributed by atoms with Crippen molar-refractivity contribution < 1.29 is 41.0 Å². The molecular formula is C31H29F5O4. The molecule has 4 nitrogen and oxygen atoms in total. The number of esters is 1. The lowest BCUT2D eigenvalue weighted by Crippen LogP contribution is -2.21. The molecule has 0 aliphatic heterocycles. The third-order valence-electron chi connectivity index (χ3n) is 6.63. The molecule has 0 fully saturated rings. The molecule has 1 atom stereocenters. The zero-order valence-electron chi connectivity index (χ0n) is 22.2. The first-order valence-corrected chi connectivity index (χ1v) is 13.2. The van der Waals surface area contributed by atoms with Crippen molar-refractivity contribution in [3.63, 3.8) is 0 Å². The third kappa shape index (κ3) is 6.29. The second kappa shape index (κ2) is 13.0. The molecule has 212 valence electrons. The first-order valence-electron chi connectivity index (χ1n) is 13.2. The van der Waals surface area contributed by atoms with Crippen LogP contribution in [0.5, 0.6) is 11.5 Å². The van der Waals surface area contributed by atoms with Gasteiger partial charge in [-0.2, -0.15) is 8.78 Å². The minimum absolute atomic E-state index is 0.0368. The van der Waals surface area contributed by atoms with Crippen LogP contribution in [0.2, 0.25) is 0 Å². The summed E-state index contributed by atoms with van der Waals surface area (Å²) in [5, 5.41) is 0. The normalized spacial score (nSPS) is 15.0. The lowest BCUT2D eigenvalue weighted by Gasteiger charge is -2.23. The van der Waals surface area contributed by atoms with Gasteiger partial charge in [-0.3, -0.25) is 0 Å². The van der Waals surface area contributed by atoms with E-state index in [4.69, 9.17) is 14.2 Å². The van der Waals surface area contributed by atoms with Crippen molar-refractivity contribution in [2.24, 2.45) is 0 Å². The van der Waals surface area contributed by atoms with Crippen LogP contribution in [-0.4, -0.2) is 25.3 Å². The molecule has 3 aromatic carbocycles. The monoisotopic (exact) mass is 560 g/mol. The van der Waals surface area contributed by atoms with Crippen LogP contribution in [0.4, 0.5) is 22.0 Å². The molecule has 1 aliphatic rings. The average Bonchev–Trinajstić information content (AvgIpc) is 2.94. The van der Waals surface area contributed by atoms with Gasteiger partial charge in [-0.05, 0) is 73.7 Å². The van der Waals surface area contributed by atoms with Crippen LogP contribution in [0.1, 0.15) is 61.9 Å². The van der Waals surface area contributed by atoms with E-state index in [9.17, 15) is 26.7 Å². The summed E-state index contributed by atoms with van der Waals surface area (Å²) in [5.74, 6) is -6.70. The number of hydrogen-bond acceptors (Lipinski definition) is 4. The number of rotatable bonds is 10. The van der Waals surface area contributed by atoms with Gasteiger partial charge in [0, 0.05) is 17.5 Å². The Hall–Kier alpha value is -3.88. The van der Waals surface area contributed by atoms with E-state index < -0.39 is 41.2 Å². The molecule has 1 aliphatic carbocycles. The van der Waals surface area contributed by atoms with Crippen molar-refractivity contribution in [3.05, 3.63) is 88.8 Å². The summed E-state index contributed by atoms with van der Waals surface area (Å²) in [6.07, 6.45) is 3.52. The van der Waals surface area contributed by atoms with Crippen LogP contribution < -0.4 is 9.47 Å². The van der Waals surface area contributed by atoms with Crippen molar-refractivity contribution in [2.45, 2.75) is 52.1 Å². The molecule has 3 aromatic rings. The molecule has 4 rings (SSSR count). The Bertz CT molecular complexity index is 1420. The Labute approximate surface area is 229 Å². The summed E-state index contributed by atoms with van der Waals surface area (Å²) in [4.78, 5) is 12.7. The first kappa shape index (κ1) is 29.1. The number of unbranched alkanes of at least 4 members (excludes halogenated alkanes) is 1. The predicted octanol–water partition coefficient (Wildman–Crippen LogP) is 8.42. The fourth-order valence-corrected chi connectivity index (χ4v) is 4.46. The molecule has 0 saturated carbocycles. The van der Waals surface area contributed by atoms with Gasteiger partial charge in [0.1, 0.15) is 11.9 Å². The highest BCUT2D eigenvalue weighted by Gasteiger charge is 2.25. The van der Waals surface area contributed by atoms with E-state index >= 15 is 0 Å². The van der Waals surface area contributed by atoms with E-state index in [1.54, 1.807) is 13.0 Å². The number of carbonyl (C=O) groups excluding carboxylic acids is 1. The van der Waals surface area contributed by atoms with Crippen molar-refractivity contribution >= 4 is 11.5 Å². The maximum atomic E-state index is 14.8. The Kier molecular flexibility index (Phi) is 9.45. The molecule has 40 heavy (non-hydrogen) atoms. The number of halogens is 5. The molecule has 0 aromatic heterocycles. The molecular weight excluding hydrogens is 531 g/mol. The number of carbonyl (C=O) groups is 1. The fourth-order valence-electron chi connectivity index (χ4n) is 4.46. The number of allylic oxidation sites excluding steroid dienone is 1. The van der Waals surface area contributed by atoms with Crippen LogP contribution in [0.25, 0.3) is 16.7 Å². The van der Waals surface area contributed by atoms with Gasteiger partial charge in [-0.15, -0.1) is 0 Å². The molecule has 0 saturated heterocycles. The van der Waals surface area contributed by atoms with Gasteiger partial charge in [-0.1, -0.05) is 25.5 Å². The zero-order chi connectivity index (χ0) is 28.8. The number of hydrogen-bond donors (Lipinski definition) is 0. The lowest BCUT2D eigenvalue weighted by atomic mass is 9.91. The number of benzene rings is 3. The van der Waals surface area contributed by atoms with E-state index in [1.165, 1.54) is 30.3 Å². The van der Waals surface area contributed by atoms with E-state index in [0.29, 0.717) is 25.0 Å². The summed E-state index contributed by atoms with van der Waals surface area (Å²) in [6.45, 7) is 4.04. The second-order valence-electron chi connectivity index (χ2n) is 9.34. The van der Waals surface area contributed by atoms with Crippen LogP contribution in [0.3, 0.4) is 0 Å². The van der Waals surface area contributed by atoms with Gasteiger partial charge in [0.05, 0.1) is 18.8 Å². The standard InChI is InChI=1S/C31H29F5O4/c1-3-5-16-39-26-15-12-21(27(33)30(26)36)18-6-9-20(10-7-18)40-31(37)23-11-8-19(17-24(23)32)22-13-14-25(38-4-2)29(35)28(22)34/h6,8,11-15,17,20H,3-5,7,9-10,16H2,1-2H3. The minimum Gasteiger partial charge on any atom is -0.491 e. The SMILES string of the molecule is CCCCOc1ccc(C2=CCC(OC(=O)c3ccc(-c4ccc(OCC)c(F)c4F)cc3F)CC2)c(F)c1F. The van der Waals surface area contributed by atoms with E-state index in [1.807, 2.05) is 6.92 Å². The van der Waals surface area contributed by atoms with Crippen molar-refractivity contribution in [1.29, 1.82) is 0 Å². The molecule has 0 N–H and O–H groups in total. The lowest BCUT2D eigenvalue weighted by molar-refractivity contribution is 0.0280. The summed E-state index contributed by atoms with van der Waals surface area (Å²) in [5.41, 5.74) is 0.175. The highest BCUT2D eigenvalue weighted by atomic mass is 19.2. The Morgan fingerprint density at radius 1 is 0.850 bits per heavy atom. The van der Waals surface area contributed by atoms with Gasteiger partial charge >= 0.3 is 5.97 Å². The van der Waals surface area contributed by atoms with E-state index in [-0.39, 0.29) is 46.8 Å². The fraction of sp³-hybridized carbons (Fsp3) is 0.323. The van der Waals surface area contributed by atoms with Gasteiger partial charge in [0.15, 0.2) is 23.1 Å². The second-order valence-corrected chi connectivity index (χ2v) is 9.34. The molecule has 0 spiro atoms.